The number of nitrogens with zero attached hydrogens (tertiary/aromatic N) is 5. The lowest BCUT2D eigenvalue weighted by Gasteiger charge is -2.38. The average Bonchev–Trinajstić information content (AvgIpc) is 3.27. The van der Waals surface area contributed by atoms with Crippen LogP contribution in [0.1, 0.15) is 34.5 Å². The number of amides is 3. The molecule has 0 aliphatic carbocycles. The van der Waals surface area contributed by atoms with Crippen molar-refractivity contribution in [2.24, 2.45) is 0 Å². The van der Waals surface area contributed by atoms with E-state index in [0.717, 1.165) is 48.4 Å². The standard InChI is InChI=1S/C28H28F2N6O3/c1-39-20-2-3-23-17(12-20)4-10-35(28(38)33-23)19-6-8-34(9-7-19)26-15-24(31-16-32-26)27(37)36-11-5-18-13-21(29)22(30)14-25(18)36/h2-3,12-16,19H,4-11H2,1H3,(H,33,38). The van der Waals surface area contributed by atoms with Gasteiger partial charge in [-0.2, -0.15) is 0 Å². The molecule has 1 saturated heterocycles. The van der Waals surface area contributed by atoms with Gasteiger partial charge in [-0.05, 0) is 61.1 Å². The van der Waals surface area contributed by atoms with Gasteiger partial charge in [0.2, 0.25) is 0 Å². The molecule has 6 rings (SSSR count). The summed E-state index contributed by atoms with van der Waals surface area (Å²) in [6.07, 6.45) is 4.05. The van der Waals surface area contributed by atoms with E-state index in [1.165, 1.54) is 11.2 Å². The molecule has 0 spiro atoms. The summed E-state index contributed by atoms with van der Waals surface area (Å²) in [5.41, 5.74) is 3.02. The number of halogens is 2. The number of aromatic nitrogens is 2. The summed E-state index contributed by atoms with van der Waals surface area (Å²) in [4.78, 5) is 40.2. The maximum Gasteiger partial charge on any atom is 0.322 e. The van der Waals surface area contributed by atoms with Crippen molar-refractivity contribution < 1.29 is 23.1 Å². The van der Waals surface area contributed by atoms with Crippen LogP contribution in [0.3, 0.4) is 0 Å². The van der Waals surface area contributed by atoms with Gasteiger partial charge in [-0.3, -0.25) is 4.79 Å². The van der Waals surface area contributed by atoms with Crippen molar-refractivity contribution in [1.29, 1.82) is 0 Å². The number of carbonyl (C=O) groups is 2. The van der Waals surface area contributed by atoms with E-state index in [1.54, 1.807) is 13.2 Å². The molecule has 3 aliphatic heterocycles. The molecule has 0 atom stereocenters. The van der Waals surface area contributed by atoms with Crippen LogP contribution in [0.15, 0.2) is 42.7 Å². The summed E-state index contributed by atoms with van der Waals surface area (Å²) >= 11 is 0. The molecule has 4 heterocycles. The van der Waals surface area contributed by atoms with Crippen LogP contribution in [0.4, 0.5) is 30.8 Å². The molecule has 202 valence electrons. The molecule has 11 heteroatoms. The number of piperidine rings is 1. The van der Waals surface area contributed by atoms with E-state index in [1.807, 2.05) is 23.1 Å². The first-order chi connectivity index (χ1) is 18.9. The van der Waals surface area contributed by atoms with E-state index < -0.39 is 11.6 Å². The average molecular weight is 535 g/mol. The van der Waals surface area contributed by atoms with Gasteiger partial charge in [-0.25, -0.2) is 23.5 Å². The van der Waals surface area contributed by atoms with Crippen molar-refractivity contribution in [3.05, 3.63) is 71.2 Å². The number of fused-ring (bicyclic) bond motifs is 2. The van der Waals surface area contributed by atoms with Crippen molar-refractivity contribution in [3.8, 4) is 5.75 Å². The Morgan fingerprint density at radius 3 is 2.54 bits per heavy atom. The molecule has 0 radical (unpaired) electrons. The molecule has 1 N–H and O–H groups in total. The molecule has 3 amide bonds. The number of rotatable bonds is 4. The van der Waals surface area contributed by atoms with Crippen molar-refractivity contribution >= 4 is 29.1 Å². The molecule has 1 aromatic heterocycles. The third-order valence-corrected chi connectivity index (χ3v) is 7.80. The van der Waals surface area contributed by atoms with Crippen molar-refractivity contribution in [2.45, 2.75) is 31.7 Å². The summed E-state index contributed by atoms with van der Waals surface area (Å²) in [7, 11) is 1.63. The Kier molecular flexibility index (Phi) is 6.49. The Hall–Kier alpha value is -4.28. The van der Waals surface area contributed by atoms with Gasteiger partial charge in [0, 0.05) is 50.0 Å². The SMILES string of the molecule is COc1ccc2c(c1)CCN(C1CCN(c3cc(C(=O)N4CCc5cc(F)c(F)cc54)ncn3)CC1)C(=O)N2. The first-order valence-corrected chi connectivity index (χ1v) is 13.0. The van der Waals surface area contributed by atoms with Gasteiger partial charge in [0.1, 0.15) is 23.6 Å². The minimum atomic E-state index is -0.985. The molecule has 1 fully saturated rings. The summed E-state index contributed by atoms with van der Waals surface area (Å²) in [6, 6.07) is 9.51. The number of hydrogen-bond acceptors (Lipinski definition) is 6. The maximum absolute atomic E-state index is 13.9. The number of ether oxygens (including phenoxy) is 1. The summed E-state index contributed by atoms with van der Waals surface area (Å²) < 4.78 is 32.8. The highest BCUT2D eigenvalue weighted by Gasteiger charge is 2.32. The van der Waals surface area contributed by atoms with E-state index in [-0.39, 0.29) is 23.7 Å². The highest BCUT2D eigenvalue weighted by molar-refractivity contribution is 6.06. The van der Waals surface area contributed by atoms with Crippen molar-refractivity contribution in [3.63, 3.8) is 0 Å². The second-order valence-corrected chi connectivity index (χ2v) is 9.98. The van der Waals surface area contributed by atoms with Crippen LogP contribution in [0, 0.1) is 11.6 Å². The number of hydrogen-bond donors (Lipinski definition) is 1. The molecular formula is C28H28F2N6O3. The number of anilines is 3. The second-order valence-electron chi connectivity index (χ2n) is 9.98. The molecule has 0 bridgehead atoms. The van der Waals surface area contributed by atoms with Gasteiger partial charge >= 0.3 is 6.03 Å². The van der Waals surface area contributed by atoms with Crippen LogP contribution in [0.25, 0.3) is 0 Å². The fourth-order valence-corrected chi connectivity index (χ4v) is 5.68. The highest BCUT2D eigenvalue weighted by atomic mass is 19.2. The molecule has 3 aliphatic rings. The van der Waals surface area contributed by atoms with Crippen LogP contribution in [-0.4, -0.2) is 66.1 Å². The molecule has 0 unspecified atom stereocenters. The van der Waals surface area contributed by atoms with Gasteiger partial charge in [0.15, 0.2) is 11.6 Å². The molecule has 0 saturated carbocycles. The number of methoxy groups -OCH3 is 1. The first-order valence-electron chi connectivity index (χ1n) is 13.0. The zero-order chi connectivity index (χ0) is 27.1. The van der Waals surface area contributed by atoms with Gasteiger partial charge in [0.05, 0.1) is 12.8 Å². The minimum Gasteiger partial charge on any atom is -0.497 e. The number of nitrogens with one attached hydrogen (secondary N) is 1. The Labute approximate surface area is 224 Å². The van der Waals surface area contributed by atoms with Crippen molar-refractivity contribution in [1.82, 2.24) is 14.9 Å². The Bertz CT molecular complexity index is 1440. The number of urea groups is 1. The Morgan fingerprint density at radius 2 is 1.74 bits per heavy atom. The number of benzene rings is 2. The van der Waals surface area contributed by atoms with Crippen LogP contribution >= 0.6 is 0 Å². The lowest BCUT2D eigenvalue weighted by atomic mass is 10.0. The predicted molar refractivity (Wildman–Crippen MR) is 141 cm³/mol. The minimum absolute atomic E-state index is 0.0804. The van der Waals surface area contributed by atoms with Crippen LogP contribution < -0.4 is 19.9 Å². The fourth-order valence-electron chi connectivity index (χ4n) is 5.68. The van der Waals surface area contributed by atoms with E-state index in [2.05, 4.69) is 20.2 Å². The Balaban J connectivity index is 1.11. The molecule has 9 nitrogen and oxygen atoms in total. The third-order valence-electron chi connectivity index (χ3n) is 7.80. The third kappa shape index (κ3) is 4.73. The van der Waals surface area contributed by atoms with E-state index in [0.29, 0.717) is 49.7 Å². The zero-order valence-corrected chi connectivity index (χ0v) is 21.5. The topological polar surface area (TPSA) is 90.9 Å². The lowest BCUT2D eigenvalue weighted by Crippen LogP contribution is -2.49. The predicted octanol–water partition coefficient (Wildman–Crippen LogP) is 4.03. The normalized spacial score (nSPS) is 17.4. The van der Waals surface area contributed by atoms with Gasteiger partial charge in [0.25, 0.3) is 5.91 Å². The quantitative estimate of drug-likeness (QED) is 0.544. The smallest absolute Gasteiger partial charge is 0.322 e. The number of carbonyl (C=O) groups excluding carboxylic acids is 2. The summed E-state index contributed by atoms with van der Waals surface area (Å²) in [5.74, 6) is -0.894. The van der Waals surface area contributed by atoms with Crippen LogP contribution in [-0.2, 0) is 12.8 Å². The van der Waals surface area contributed by atoms with Crippen LogP contribution in [0.5, 0.6) is 5.75 Å². The lowest BCUT2D eigenvalue weighted by molar-refractivity contribution is 0.0984. The summed E-state index contributed by atoms with van der Waals surface area (Å²) in [5, 5.41) is 3.04. The fraction of sp³-hybridized carbons (Fsp3) is 0.357. The van der Waals surface area contributed by atoms with E-state index >= 15 is 0 Å². The molecule has 2 aromatic carbocycles. The monoisotopic (exact) mass is 534 g/mol. The largest absolute Gasteiger partial charge is 0.497 e. The summed E-state index contributed by atoms with van der Waals surface area (Å²) in [6.45, 7) is 2.27. The Morgan fingerprint density at radius 1 is 0.974 bits per heavy atom. The molecule has 39 heavy (non-hydrogen) atoms. The maximum atomic E-state index is 13.9. The van der Waals surface area contributed by atoms with Gasteiger partial charge in [-0.1, -0.05) is 0 Å². The molecular weight excluding hydrogens is 506 g/mol. The molecule has 3 aromatic rings. The van der Waals surface area contributed by atoms with Crippen molar-refractivity contribution in [2.75, 3.05) is 48.4 Å². The van der Waals surface area contributed by atoms with E-state index in [9.17, 15) is 18.4 Å². The second kappa shape index (κ2) is 10.1. The van der Waals surface area contributed by atoms with E-state index in [4.69, 9.17) is 4.74 Å². The highest BCUT2D eigenvalue weighted by Crippen LogP contribution is 2.32. The van der Waals surface area contributed by atoms with Gasteiger partial charge in [-0.15, -0.1) is 0 Å². The zero-order valence-electron chi connectivity index (χ0n) is 21.5. The first kappa shape index (κ1) is 25.0. The van der Waals surface area contributed by atoms with Gasteiger partial charge < -0.3 is 24.8 Å². The van der Waals surface area contributed by atoms with Crippen LogP contribution in [0.2, 0.25) is 0 Å².